The van der Waals surface area contributed by atoms with Gasteiger partial charge < -0.3 is 16.0 Å². The van der Waals surface area contributed by atoms with E-state index in [1.165, 1.54) is 116 Å². The smallest absolute Gasteiger partial charge is 0.311 e. The molecule has 0 aliphatic heterocycles. The number of hydrogen-bond acceptors (Lipinski definition) is 4. The van der Waals surface area contributed by atoms with Crippen LogP contribution in [0.25, 0.3) is 0 Å². The molecule has 4 nitrogen and oxygen atoms in total. The molecule has 0 atom stereocenters. The van der Waals surface area contributed by atoms with Crippen molar-refractivity contribution in [2.24, 2.45) is 5.41 Å². The summed E-state index contributed by atoms with van der Waals surface area (Å²) in [6.45, 7) is 7.09. The summed E-state index contributed by atoms with van der Waals surface area (Å²) in [5, 5.41) is 9.00. The molecule has 0 radical (unpaired) electrons. The number of hydrogen-bond donors (Lipinski definition) is 2. The van der Waals surface area contributed by atoms with Gasteiger partial charge in [-0.3, -0.25) is 4.79 Å². The number of aliphatic hydroxyl groups is 1. The lowest BCUT2D eigenvalue weighted by Gasteiger charge is -2.27. The first-order chi connectivity index (χ1) is 16.1. The topological polar surface area (TPSA) is 81.5 Å². The molecule has 0 aromatic carbocycles. The molecule has 0 amide bonds. The van der Waals surface area contributed by atoms with Crippen molar-refractivity contribution in [1.82, 2.24) is 6.15 Å². The summed E-state index contributed by atoms with van der Waals surface area (Å²) in [6.07, 6.45) is 28.9. The number of ether oxygens (including phenoxy) is 1. The summed E-state index contributed by atoms with van der Waals surface area (Å²) in [6, 6.07) is 0. The van der Waals surface area contributed by atoms with E-state index in [0.29, 0.717) is 13.0 Å². The number of unbranched alkanes of at least 4 members (excludes halogenated alkanes) is 18. The van der Waals surface area contributed by atoms with Gasteiger partial charge in [0.1, 0.15) is 0 Å². The minimum Gasteiger partial charge on any atom is -0.465 e. The zero-order valence-corrected chi connectivity index (χ0v) is 23.6. The molecule has 0 aliphatic carbocycles. The van der Waals surface area contributed by atoms with Gasteiger partial charge in [-0.25, -0.2) is 0 Å². The molecule has 34 heavy (non-hydrogen) atoms. The predicted octanol–water partition coefficient (Wildman–Crippen LogP) is 9.70. The number of rotatable bonds is 26. The summed E-state index contributed by atoms with van der Waals surface area (Å²) in [5.41, 5.74) is -0.351. The molecule has 4 heteroatoms. The van der Waals surface area contributed by atoms with Gasteiger partial charge in [0, 0.05) is 13.0 Å². The van der Waals surface area contributed by atoms with Crippen LogP contribution >= 0.6 is 0 Å². The number of esters is 1. The number of aliphatic hydroxyl groups excluding tert-OH is 1. The van der Waals surface area contributed by atoms with Crippen molar-refractivity contribution >= 4 is 5.97 Å². The third-order valence-corrected chi connectivity index (χ3v) is 7.19. The van der Waals surface area contributed by atoms with Gasteiger partial charge in [0.25, 0.3) is 0 Å². The van der Waals surface area contributed by atoms with Crippen molar-refractivity contribution in [2.45, 2.75) is 168 Å². The fourth-order valence-corrected chi connectivity index (χ4v) is 4.74. The summed E-state index contributed by atoms with van der Waals surface area (Å²) in [7, 11) is 0. The van der Waals surface area contributed by atoms with Crippen LogP contribution in [-0.4, -0.2) is 24.3 Å². The van der Waals surface area contributed by atoms with Crippen LogP contribution in [0.5, 0.6) is 0 Å². The monoisotopic (exact) mass is 485 g/mol. The Kier molecular flexibility index (Phi) is 28.2. The molecule has 0 aromatic rings. The quantitative estimate of drug-likeness (QED) is 0.0943. The first kappa shape index (κ1) is 35.6. The molecule has 0 saturated heterocycles. The molecule has 206 valence electrons. The molecule has 0 spiro atoms. The van der Waals surface area contributed by atoms with Gasteiger partial charge in [0.2, 0.25) is 0 Å². The van der Waals surface area contributed by atoms with Gasteiger partial charge in [-0.1, -0.05) is 142 Å². The second kappa shape index (κ2) is 27.0. The molecule has 0 unspecified atom stereocenters. The van der Waals surface area contributed by atoms with E-state index < -0.39 is 0 Å². The molecule has 0 bridgehead atoms. The van der Waals surface area contributed by atoms with Gasteiger partial charge in [0.05, 0.1) is 12.0 Å². The Morgan fingerprint density at radius 3 is 1.24 bits per heavy atom. The van der Waals surface area contributed by atoms with E-state index >= 15 is 0 Å². The zero-order valence-electron chi connectivity index (χ0n) is 23.6. The van der Waals surface area contributed by atoms with Crippen molar-refractivity contribution in [2.75, 3.05) is 13.2 Å². The molecule has 0 saturated carbocycles. The SMILES string of the molecule is CCCCCCCCCCCCC(C)(CCCCCCCCCCCC)C(=O)OCCCO.N. The molecule has 0 heterocycles. The Morgan fingerprint density at radius 2 is 0.912 bits per heavy atom. The van der Waals surface area contributed by atoms with Crippen LogP contribution in [0.1, 0.15) is 168 Å². The highest BCUT2D eigenvalue weighted by Crippen LogP contribution is 2.33. The molecule has 0 rings (SSSR count). The summed E-state index contributed by atoms with van der Waals surface area (Å²) in [5.74, 6) is -0.0391. The highest BCUT2D eigenvalue weighted by Gasteiger charge is 2.33. The highest BCUT2D eigenvalue weighted by atomic mass is 16.5. The molecular weight excluding hydrogens is 422 g/mol. The van der Waals surface area contributed by atoms with Crippen LogP contribution in [0.15, 0.2) is 0 Å². The highest BCUT2D eigenvalue weighted by molar-refractivity contribution is 5.76. The minimum atomic E-state index is -0.351. The van der Waals surface area contributed by atoms with Crippen molar-refractivity contribution in [3.05, 3.63) is 0 Å². The third kappa shape index (κ3) is 21.9. The van der Waals surface area contributed by atoms with E-state index in [0.717, 1.165) is 25.7 Å². The Bertz CT molecular complexity index is 390. The Labute approximate surface area is 214 Å². The van der Waals surface area contributed by atoms with Crippen LogP contribution < -0.4 is 6.15 Å². The molecule has 0 fully saturated rings. The van der Waals surface area contributed by atoms with E-state index in [4.69, 9.17) is 9.84 Å². The molecular formula is C30H63NO3. The number of carbonyl (C=O) groups is 1. The second-order valence-corrected chi connectivity index (χ2v) is 10.6. The van der Waals surface area contributed by atoms with Crippen LogP contribution in [0, 0.1) is 5.41 Å². The number of carbonyl (C=O) groups excluding carboxylic acids is 1. The van der Waals surface area contributed by atoms with Crippen LogP contribution in [0.4, 0.5) is 0 Å². The molecule has 0 aliphatic rings. The summed E-state index contributed by atoms with van der Waals surface area (Å²) in [4.78, 5) is 12.8. The lowest BCUT2D eigenvalue weighted by molar-refractivity contribution is -0.156. The Balaban J connectivity index is 0. The first-order valence-electron chi connectivity index (χ1n) is 14.9. The standard InChI is InChI=1S/C30H60O3.H3N/c1-4-6-8-10-12-14-16-18-20-22-25-30(3,29(32)33-28-24-27-31)26-23-21-19-17-15-13-11-9-7-5-2;/h31H,4-28H2,1-3H3;1H3. The van der Waals surface area contributed by atoms with Crippen molar-refractivity contribution in [3.8, 4) is 0 Å². The van der Waals surface area contributed by atoms with Crippen molar-refractivity contribution in [3.63, 3.8) is 0 Å². The van der Waals surface area contributed by atoms with Gasteiger partial charge in [-0.15, -0.1) is 0 Å². The van der Waals surface area contributed by atoms with E-state index in [2.05, 4.69) is 20.8 Å². The largest absolute Gasteiger partial charge is 0.465 e. The average molecular weight is 486 g/mol. The first-order valence-corrected chi connectivity index (χ1v) is 14.9. The van der Waals surface area contributed by atoms with Crippen molar-refractivity contribution < 1.29 is 14.6 Å². The van der Waals surface area contributed by atoms with E-state index in [9.17, 15) is 4.79 Å². The lowest BCUT2D eigenvalue weighted by atomic mass is 9.79. The lowest BCUT2D eigenvalue weighted by Crippen LogP contribution is -2.30. The summed E-state index contributed by atoms with van der Waals surface area (Å²) < 4.78 is 5.53. The van der Waals surface area contributed by atoms with E-state index in [1.807, 2.05) is 0 Å². The van der Waals surface area contributed by atoms with Crippen molar-refractivity contribution in [1.29, 1.82) is 0 Å². The zero-order chi connectivity index (χ0) is 24.5. The molecule has 0 aromatic heterocycles. The Hall–Kier alpha value is -0.610. The summed E-state index contributed by atoms with van der Waals surface area (Å²) >= 11 is 0. The second-order valence-electron chi connectivity index (χ2n) is 10.6. The van der Waals surface area contributed by atoms with Gasteiger partial charge in [-0.2, -0.15) is 0 Å². The van der Waals surface area contributed by atoms with E-state index in [1.54, 1.807) is 0 Å². The molecule has 4 N–H and O–H groups in total. The third-order valence-electron chi connectivity index (χ3n) is 7.19. The van der Waals surface area contributed by atoms with Gasteiger partial charge in [-0.05, 0) is 19.8 Å². The predicted molar refractivity (Wildman–Crippen MR) is 149 cm³/mol. The van der Waals surface area contributed by atoms with Gasteiger partial charge >= 0.3 is 5.97 Å². The fourth-order valence-electron chi connectivity index (χ4n) is 4.74. The maximum atomic E-state index is 12.8. The van der Waals surface area contributed by atoms with Crippen LogP contribution in [0.3, 0.4) is 0 Å². The normalized spacial score (nSPS) is 11.4. The fraction of sp³-hybridized carbons (Fsp3) is 0.967. The van der Waals surface area contributed by atoms with E-state index in [-0.39, 0.29) is 24.1 Å². The maximum absolute atomic E-state index is 12.8. The maximum Gasteiger partial charge on any atom is 0.311 e. The average Bonchev–Trinajstić information content (AvgIpc) is 2.81. The van der Waals surface area contributed by atoms with Crippen LogP contribution in [0.2, 0.25) is 0 Å². The van der Waals surface area contributed by atoms with Gasteiger partial charge in [0.15, 0.2) is 0 Å². The van der Waals surface area contributed by atoms with Crippen LogP contribution in [-0.2, 0) is 9.53 Å². The Morgan fingerprint density at radius 1 is 0.588 bits per heavy atom. The minimum absolute atomic E-state index is 0.